The smallest absolute Gasteiger partial charge is 0.253 e. The Kier molecular flexibility index (Phi) is 6.41. The molecule has 0 aromatic heterocycles. The number of amides is 2. The van der Waals surface area contributed by atoms with Gasteiger partial charge < -0.3 is 10.2 Å². The van der Waals surface area contributed by atoms with Crippen molar-refractivity contribution in [2.75, 3.05) is 38.0 Å². The fourth-order valence-electron chi connectivity index (χ4n) is 3.47. The number of nitrogens with zero attached hydrogens (tertiary/aromatic N) is 2. The van der Waals surface area contributed by atoms with Crippen LogP contribution in [-0.4, -0.2) is 54.3 Å². The monoisotopic (exact) mass is 383 g/mol. The molecule has 5 nitrogen and oxygen atoms in total. The topological polar surface area (TPSA) is 52.7 Å². The van der Waals surface area contributed by atoms with Gasteiger partial charge in [-0.15, -0.1) is 0 Å². The Hall–Kier alpha value is -2.73. The van der Waals surface area contributed by atoms with E-state index in [-0.39, 0.29) is 17.6 Å². The van der Waals surface area contributed by atoms with Gasteiger partial charge in [0.05, 0.1) is 6.54 Å². The van der Waals surface area contributed by atoms with Crippen LogP contribution in [0.1, 0.15) is 28.4 Å². The SMILES string of the molecule is CCc1cccc(C)c1NC(=O)CN1CCN(C(=O)c2ccc(F)cc2)CC1. The number of halogens is 1. The molecular formula is C22H26FN3O2. The van der Waals surface area contributed by atoms with E-state index in [0.29, 0.717) is 38.3 Å². The summed E-state index contributed by atoms with van der Waals surface area (Å²) in [4.78, 5) is 28.8. The molecule has 0 atom stereocenters. The van der Waals surface area contributed by atoms with Crippen molar-refractivity contribution in [3.8, 4) is 0 Å². The number of hydrogen-bond acceptors (Lipinski definition) is 3. The number of para-hydroxylation sites is 1. The van der Waals surface area contributed by atoms with Gasteiger partial charge in [-0.3, -0.25) is 14.5 Å². The van der Waals surface area contributed by atoms with E-state index in [1.165, 1.54) is 24.3 Å². The number of anilines is 1. The molecule has 1 aliphatic heterocycles. The molecule has 1 aliphatic rings. The van der Waals surface area contributed by atoms with Crippen molar-refractivity contribution in [2.45, 2.75) is 20.3 Å². The minimum Gasteiger partial charge on any atom is -0.336 e. The highest BCUT2D eigenvalue weighted by atomic mass is 19.1. The van der Waals surface area contributed by atoms with E-state index >= 15 is 0 Å². The summed E-state index contributed by atoms with van der Waals surface area (Å²) in [6.45, 7) is 6.73. The maximum absolute atomic E-state index is 13.0. The molecule has 28 heavy (non-hydrogen) atoms. The van der Waals surface area contributed by atoms with Gasteiger partial charge in [-0.05, 0) is 48.7 Å². The van der Waals surface area contributed by atoms with Crippen molar-refractivity contribution in [3.05, 3.63) is 65.0 Å². The molecule has 1 saturated heterocycles. The summed E-state index contributed by atoms with van der Waals surface area (Å²) in [6.07, 6.45) is 0.863. The highest BCUT2D eigenvalue weighted by Gasteiger charge is 2.23. The van der Waals surface area contributed by atoms with Gasteiger partial charge in [-0.25, -0.2) is 4.39 Å². The fraction of sp³-hybridized carbons (Fsp3) is 0.364. The largest absolute Gasteiger partial charge is 0.336 e. The second kappa shape index (κ2) is 8.97. The van der Waals surface area contributed by atoms with Crippen molar-refractivity contribution in [1.82, 2.24) is 9.80 Å². The van der Waals surface area contributed by atoms with Gasteiger partial charge >= 0.3 is 0 Å². The van der Waals surface area contributed by atoms with Crippen LogP contribution in [0, 0.1) is 12.7 Å². The minimum absolute atomic E-state index is 0.0395. The number of carbonyl (C=O) groups excluding carboxylic acids is 2. The Morgan fingerprint density at radius 2 is 1.71 bits per heavy atom. The first-order valence-electron chi connectivity index (χ1n) is 9.63. The molecule has 2 aromatic carbocycles. The number of aryl methyl sites for hydroxylation is 2. The van der Waals surface area contributed by atoms with Gasteiger partial charge in [-0.1, -0.05) is 25.1 Å². The molecule has 0 spiro atoms. The molecule has 1 heterocycles. The zero-order valence-electron chi connectivity index (χ0n) is 16.4. The molecular weight excluding hydrogens is 357 g/mol. The number of benzene rings is 2. The Bertz CT molecular complexity index is 843. The van der Waals surface area contributed by atoms with E-state index in [9.17, 15) is 14.0 Å². The first-order valence-corrected chi connectivity index (χ1v) is 9.63. The minimum atomic E-state index is -0.354. The Morgan fingerprint density at radius 3 is 2.36 bits per heavy atom. The molecule has 0 radical (unpaired) electrons. The lowest BCUT2D eigenvalue weighted by molar-refractivity contribution is -0.117. The van der Waals surface area contributed by atoms with Gasteiger partial charge in [0.15, 0.2) is 0 Å². The van der Waals surface area contributed by atoms with Crippen LogP contribution in [0.15, 0.2) is 42.5 Å². The molecule has 3 rings (SSSR count). The van der Waals surface area contributed by atoms with Crippen molar-refractivity contribution < 1.29 is 14.0 Å². The third-order valence-corrected chi connectivity index (χ3v) is 5.12. The first kappa shape index (κ1) is 20.0. The fourth-order valence-corrected chi connectivity index (χ4v) is 3.47. The molecule has 0 unspecified atom stereocenters. The molecule has 0 aliphatic carbocycles. The zero-order chi connectivity index (χ0) is 20.1. The summed E-state index contributed by atoms with van der Waals surface area (Å²) in [5.74, 6) is -0.494. The molecule has 1 N–H and O–H groups in total. The summed E-state index contributed by atoms with van der Waals surface area (Å²) < 4.78 is 13.0. The number of hydrogen-bond donors (Lipinski definition) is 1. The van der Waals surface area contributed by atoms with Crippen molar-refractivity contribution in [1.29, 1.82) is 0 Å². The summed E-state index contributed by atoms with van der Waals surface area (Å²) in [5, 5.41) is 3.05. The Labute approximate surface area is 165 Å². The summed E-state index contributed by atoms with van der Waals surface area (Å²) in [7, 11) is 0. The van der Waals surface area contributed by atoms with Crippen LogP contribution < -0.4 is 5.32 Å². The summed E-state index contributed by atoms with van der Waals surface area (Å²) >= 11 is 0. The van der Waals surface area contributed by atoms with Crippen LogP contribution in [0.5, 0.6) is 0 Å². The van der Waals surface area contributed by atoms with Crippen molar-refractivity contribution in [3.63, 3.8) is 0 Å². The molecule has 6 heteroatoms. The van der Waals surface area contributed by atoms with Crippen molar-refractivity contribution >= 4 is 17.5 Å². The first-order chi connectivity index (χ1) is 13.5. The molecule has 148 valence electrons. The zero-order valence-corrected chi connectivity index (χ0v) is 16.4. The molecule has 2 amide bonds. The Morgan fingerprint density at radius 1 is 1.04 bits per heavy atom. The highest BCUT2D eigenvalue weighted by molar-refractivity contribution is 5.95. The molecule has 1 fully saturated rings. The molecule has 2 aromatic rings. The van der Waals surface area contributed by atoms with Crippen molar-refractivity contribution in [2.24, 2.45) is 0 Å². The van der Waals surface area contributed by atoms with Gasteiger partial charge in [-0.2, -0.15) is 0 Å². The van der Waals surface area contributed by atoms with Gasteiger partial charge in [0, 0.05) is 37.4 Å². The second-order valence-electron chi connectivity index (χ2n) is 7.09. The standard InChI is InChI=1S/C22H26FN3O2/c1-3-17-6-4-5-16(2)21(17)24-20(27)15-25-11-13-26(14-12-25)22(28)18-7-9-19(23)10-8-18/h4-10H,3,11-15H2,1-2H3,(H,24,27). The maximum atomic E-state index is 13.0. The lowest BCUT2D eigenvalue weighted by Gasteiger charge is -2.34. The van der Waals surface area contributed by atoms with Crippen LogP contribution in [0.4, 0.5) is 10.1 Å². The van der Waals surface area contributed by atoms with E-state index in [1.807, 2.05) is 30.0 Å². The Balaban J connectivity index is 1.52. The van der Waals surface area contributed by atoms with E-state index in [1.54, 1.807) is 4.90 Å². The average Bonchev–Trinajstić information content (AvgIpc) is 2.70. The number of rotatable bonds is 5. The molecule has 0 bridgehead atoms. The van der Waals surface area contributed by atoms with Crippen LogP contribution >= 0.6 is 0 Å². The quantitative estimate of drug-likeness (QED) is 0.863. The predicted molar refractivity (Wildman–Crippen MR) is 108 cm³/mol. The highest BCUT2D eigenvalue weighted by Crippen LogP contribution is 2.21. The van der Waals surface area contributed by atoms with E-state index in [4.69, 9.17) is 0 Å². The summed E-state index contributed by atoms with van der Waals surface area (Å²) in [5.41, 5.74) is 3.57. The van der Waals surface area contributed by atoms with E-state index < -0.39 is 0 Å². The van der Waals surface area contributed by atoms with Gasteiger partial charge in [0.2, 0.25) is 5.91 Å². The predicted octanol–water partition coefficient (Wildman–Crippen LogP) is 3.09. The average molecular weight is 383 g/mol. The normalized spacial score (nSPS) is 14.8. The number of nitrogens with one attached hydrogen (secondary N) is 1. The van der Waals surface area contributed by atoms with Crippen LogP contribution in [-0.2, 0) is 11.2 Å². The van der Waals surface area contributed by atoms with Crippen LogP contribution in [0.2, 0.25) is 0 Å². The van der Waals surface area contributed by atoms with E-state index in [0.717, 1.165) is 23.2 Å². The molecule has 0 saturated carbocycles. The lowest BCUT2D eigenvalue weighted by atomic mass is 10.1. The van der Waals surface area contributed by atoms with Gasteiger partial charge in [0.25, 0.3) is 5.91 Å². The maximum Gasteiger partial charge on any atom is 0.253 e. The van der Waals surface area contributed by atoms with E-state index in [2.05, 4.69) is 12.2 Å². The van der Waals surface area contributed by atoms with Crippen LogP contribution in [0.25, 0.3) is 0 Å². The number of carbonyl (C=O) groups is 2. The second-order valence-corrected chi connectivity index (χ2v) is 7.09. The van der Waals surface area contributed by atoms with Gasteiger partial charge in [0.1, 0.15) is 5.82 Å². The summed E-state index contributed by atoms with van der Waals surface area (Å²) in [6, 6.07) is 11.6. The third kappa shape index (κ3) is 4.75. The lowest BCUT2D eigenvalue weighted by Crippen LogP contribution is -2.50. The third-order valence-electron chi connectivity index (χ3n) is 5.12. The number of piperazine rings is 1. The van der Waals surface area contributed by atoms with Crippen LogP contribution in [0.3, 0.4) is 0 Å².